The molecule has 21 heavy (non-hydrogen) atoms. The summed E-state index contributed by atoms with van der Waals surface area (Å²) in [4.78, 5) is 14.1. The van der Waals surface area contributed by atoms with Gasteiger partial charge in [0, 0.05) is 30.9 Å². The second kappa shape index (κ2) is 7.70. The number of hydrogen-bond donors (Lipinski definition) is 1. The minimum Gasteiger partial charge on any atom is -0.376 e. The van der Waals surface area contributed by atoms with Crippen molar-refractivity contribution in [1.82, 2.24) is 5.32 Å². The summed E-state index contributed by atoms with van der Waals surface area (Å²) in [7, 11) is 0. The van der Waals surface area contributed by atoms with E-state index < -0.39 is 0 Å². The summed E-state index contributed by atoms with van der Waals surface area (Å²) in [5.74, 6) is 2.63. The zero-order valence-corrected chi connectivity index (χ0v) is 12.5. The normalized spacial score (nSPS) is 17.2. The van der Waals surface area contributed by atoms with E-state index in [4.69, 9.17) is 11.2 Å². The van der Waals surface area contributed by atoms with Gasteiger partial charge in [0.1, 0.15) is 0 Å². The fraction of sp³-hybridized carbons (Fsp3) is 0.471. The second-order valence-electron chi connectivity index (χ2n) is 5.15. The number of anilines is 1. The molecule has 1 aromatic carbocycles. The van der Waals surface area contributed by atoms with Crippen LogP contribution >= 0.6 is 0 Å². The molecule has 1 aromatic rings. The summed E-state index contributed by atoms with van der Waals surface area (Å²) in [6, 6.07) is 7.70. The molecule has 1 unspecified atom stereocenters. The average Bonchev–Trinajstić information content (AvgIpc) is 3.04. The molecule has 112 valence electrons. The predicted molar refractivity (Wildman–Crippen MR) is 84.2 cm³/mol. The van der Waals surface area contributed by atoms with Crippen LogP contribution in [0.4, 0.5) is 5.69 Å². The van der Waals surface area contributed by atoms with Crippen LogP contribution in [0.2, 0.25) is 0 Å². The number of nitrogens with zero attached hydrogens (tertiary/aromatic N) is 1. The van der Waals surface area contributed by atoms with Crippen LogP contribution in [0, 0.1) is 12.3 Å². The highest BCUT2D eigenvalue weighted by molar-refractivity contribution is 5.81. The number of amides is 1. The first kappa shape index (κ1) is 15.4. The van der Waals surface area contributed by atoms with Gasteiger partial charge >= 0.3 is 0 Å². The third kappa shape index (κ3) is 4.51. The van der Waals surface area contributed by atoms with E-state index in [0.29, 0.717) is 13.1 Å². The number of benzene rings is 1. The highest BCUT2D eigenvalue weighted by Crippen LogP contribution is 2.15. The van der Waals surface area contributed by atoms with Crippen LogP contribution in [0.3, 0.4) is 0 Å². The smallest absolute Gasteiger partial charge is 0.239 e. The van der Waals surface area contributed by atoms with Crippen molar-refractivity contribution >= 4 is 11.6 Å². The summed E-state index contributed by atoms with van der Waals surface area (Å²) < 4.78 is 5.50. The molecule has 1 fully saturated rings. The van der Waals surface area contributed by atoms with E-state index in [1.54, 1.807) is 0 Å². The van der Waals surface area contributed by atoms with E-state index in [1.807, 2.05) is 36.1 Å². The maximum absolute atomic E-state index is 12.0. The van der Waals surface area contributed by atoms with Crippen molar-refractivity contribution in [2.75, 3.05) is 31.1 Å². The number of carbonyl (C=O) groups excluding carboxylic acids is 1. The van der Waals surface area contributed by atoms with Crippen molar-refractivity contribution in [2.24, 2.45) is 0 Å². The third-order valence-corrected chi connectivity index (χ3v) is 3.65. The number of carbonyl (C=O) groups is 1. The van der Waals surface area contributed by atoms with Gasteiger partial charge in [-0.2, -0.15) is 0 Å². The van der Waals surface area contributed by atoms with Crippen LogP contribution in [0.15, 0.2) is 24.3 Å². The summed E-state index contributed by atoms with van der Waals surface area (Å²) in [5.41, 5.74) is 1.80. The second-order valence-corrected chi connectivity index (χ2v) is 5.15. The Morgan fingerprint density at radius 1 is 1.57 bits per heavy atom. The molecule has 4 nitrogen and oxygen atoms in total. The molecule has 0 bridgehead atoms. The molecule has 1 atom stereocenters. The molecule has 0 radical (unpaired) electrons. The zero-order valence-electron chi connectivity index (χ0n) is 12.5. The highest BCUT2D eigenvalue weighted by atomic mass is 16.5. The lowest BCUT2D eigenvalue weighted by Gasteiger charge is -2.23. The standard InChI is InChI=1S/C17H22N2O2/c1-3-14-7-5-8-15(11-14)19(4-2)13-17(20)18-12-16-9-6-10-21-16/h1,5,7-8,11,16H,4,6,9-10,12-13H2,2H3,(H,18,20). The summed E-state index contributed by atoms with van der Waals surface area (Å²) >= 11 is 0. The predicted octanol–water partition coefficient (Wildman–Crippen LogP) is 1.79. The van der Waals surface area contributed by atoms with Crippen LogP contribution in [-0.4, -0.2) is 38.3 Å². The van der Waals surface area contributed by atoms with Gasteiger partial charge in [-0.05, 0) is 38.0 Å². The molecule has 0 aliphatic carbocycles. The quantitative estimate of drug-likeness (QED) is 0.811. The molecular weight excluding hydrogens is 264 g/mol. The maximum atomic E-state index is 12.0. The van der Waals surface area contributed by atoms with Crippen molar-refractivity contribution in [2.45, 2.75) is 25.9 Å². The minimum absolute atomic E-state index is 0.0125. The molecule has 0 saturated carbocycles. The Labute approximate surface area is 126 Å². The number of hydrogen-bond acceptors (Lipinski definition) is 3. The van der Waals surface area contributed by atoms with E-state index >= 15 is 0 Å². The van der Waals surface area contributed by atoms with Gasteiger partial charge in [0.2, 0.25) is 5.91 Å². The molecule has 1 aliphatic heterocycles. The molecule has 1 amide bonds. The van der Waals surface area contributed by atoms with E-state index in [2.05, 4.69) is 11.2 Å². The number of nitrogens with one attached hydrogen (secondary N) is 1. The Morgan fingerprint density at radius 2 is 2.43 bits per heavy atom. The average molecular weight is 286 g/mol. The highest BCUT2D eigenvalue weighted by Gasteiger charge is 2.17. The monoisotopic (exact) mass is 286 g/mol. The molecule has 4 heteroatoms. The number of terminal acetylenes is 1. The van der Waals surface area contributed by atoms with E-state index in [9.17, 15) is 4.79 Å². The molecule has 1 N–H and O–H groups in total. The van der Waals surface area contributed by atoms with Crippen LogP contribution in [0.25, 0.3) is 0 Å². The molecule has 1 aliphatic rings. The molecule has 0 aromatic heterocycles. The first-order valence-electron chi connectivity index (χ1n) is 7.43. The van der Waals surface area contributed by atoms with Crippen LogP contribution in [0.5, 0.6) is 0 Å². The van der Waals surface area contributed by atoms with Gasteiger partial charge in [-0.1, -0.05) is 12.0 Å². The number of rotatable bonds is 6. The Hall–Kier alpha value is -1.99. The van der Waals surface area contributed by atoms with Crippen molar-refractivity contribution < 1.29 is 9.53 Å². The number of ether oxygens (including phenoxy) is 1. The molecule has 0 spiro atoms. The van der Waals surface area contributed by atoms with Crippen molar-refractivity contribution in [3.63, 3.8) is 0 Å². The Balaban J connectivity index is 1.88. The van der Waals surface area contributed by atoms with Crippen molar-refractivity contribution in [3.05, 3.63) is 29.8 Å². The van der Waals surface area contributed by atoms with Gasteiger partial charge in [0.25, 0.3) is 0 Å². The maximum Gasteiger partial charge on any atom is 0.239 e. The third-order valence-electron chi connectivity index (χ3n) is 3.65. The summed E-state index contributed by atoms with van der Waals surface area (Å²) in [6.45, 7) is 4.51. The summed E-state index contributed by atoms with van der Waals surface area (Å²) in [6.07, 6.45) is 7.71. The fourth-order valence-electron chi connectivity index (χ4n) is 2.44. The van der Waals surface area contributed by atoms with E-state index in [-0.39, 0.29) is 12.0 Å². The lowest BCUT2D eigenvalue weighted by molar-refractivity contribution is -0.120. The first-order chi connectivity index (χ1) is 10.2. The molecule has 2 rings (SSSR count). The Kier molecular flexibility index (Phi) is 5.65. The number of likely N-dealkylation sites (N-methyl/N-ethyl adjacent to an activating group) is 1. The van der Waals surface area contributed by atoms with Crippen LogP contribution in [-0.2, 0) is 9.53 Å². The first-order valence-corrected chi connectivity index (χ1v) is 7.43. The van der Waals surface area contributed by atoms with Gasteiger partial charge in [-0.3, -0.25) is 4.79 Å². The molecular formula is C17H22N2O2. The largest absolute Gasteiger partial charge is 0.376 e. The van der Waals surface area contributed by atoms with Crippen molar-refractivity contribution in [1.29, 1.82) is 0 Å². The zero-order chi connectivity index (χ0) is 15.1. The molecule has 1 saturated heterocycles. The molecule has 1 heterocycles. The van der Waals surface area contributed by atoms with Gasteiger partial charge in [-0.25, -0.2) is 0 Å². The Morgan fingerprint density at radius 3 is 3.10 bits per heavy atom. The fourth-order valence-corrected chi connectivity index (χ4v) is 2.44. The van der Waals surface area contributed by atoms with Gasteiger partial charge in [-0.15, -0.1) is 6.42 Å². The van der Waals surface area contributed by atoms with Gasteiger partial charge < -0.3 is 15.0 Å². The minimum atomic E-state index is 0.0125. The SMILES string of the molecule is C#Cc1cccc(N(CC)CC(=O)NCC2CCCO2)c1. The van der Waals surface area contributed by atoms with E-state index in [1.165, 1.54) is 0 Å². The van der Waals surface area contributed by atoms with Crippen molar-refractivity contribution in [3.8, 4) is 12.3 Å². The lowest BCUT2D eigenvalue weighted by Crippen LogP contribution is -2.40. The van der Waals surface area contributed by atoms with Gasteiger partial charge in [0.15, 0.2) is 0 Å². The lowest BCUT2D eigenvalue weighted by atomic mass is 10.2. The van der Waals surface area contributed by atoms with Gasteiger partial charge in [0.05, 0.1) is 12.6 Å². The van der Waals surface area contributed by atoms with Crippen LogP contribution in [0.1, 0.15) is 25.3 Å². The topological polar surface area (TPSA) is 41.6 Å². The van der Waals surface area contributed by atoms with Crippen LogP contribution < -0.4 is 10.2 Å². The Bertz CT molecular complexity index is 516. The van der Waals surface area contributed by atoms with E-state index in [0.717, 1.165) is 37.2 Å². The summed E-state index contributed by atoms with van der Waals surface area (Å²) in [5, 5.41) is 2.94.